The predicted octanol–water partition coefficient (Wildman–Crippen LogP) is 4.11. The lowest BCUT2D eigenvalue weighted by molar-refractivity contribution is 0.0929. The van der Waals surface area contributed by atoms with Crippen LogP contribution in [0.4, 0.5) is 16.3 Å². The van der Waals surface area contributed by atoms with Crippen LogP contribution in [0, 0.1) is 0 Å². The Balaban J connectivity index is 1.37. The summed E-state index contributed by atoms with van der Waals surface area (Å²) >= 11 is 0. The molecule has 1 atom stereocenters. The Kier molecular flexibility index (Phi) is 9.04. The molecule has 0 spiro atoms. The number of carbonyl (C=O) groups is 2. The van der Waals surface area contributed by atoms with Crippen molar-refractivity contribution < 1.29 is 9.59 Å². The second-order valence-corrected chi connectivity index (χ2v) is 9.21. The number of carbonyl (C=O) groups excluding carboxylic acids is 2. The third kappa shape index (κ3) is 7.27. The van der Waals surface area contributed by atoms with Gasteiger partial charge in [-0.1, -0.05) is 24.6 Å². The van der Waals surface area contributed by atoms with E-state index < -0.39 is 0 Å². The number of likely N-dealkylation sites (tertiary alicyclic amines) is 1. The summed E-state index contributed by atoms with van der Waals surface area (Å²) in [4.78, 5) is 36.3. The maximum absolute atomic E-state index is 13.0. The minimum atomic E-state index is -0.293. The minimum Gasteiger partial charge on any atom is -0.370 e. The van der Waals surface area contributed by atoms with Crippen LogP contribution in [0.1, 0.15) is 42.1 Å². The van der Waals surface area contributed by atoms with Gasteiger partial charge in [-0.05, 0) is 69.3 Å². The Bertz CT molecular complexity index is 1180. The zero-order valence-electron chi connectivity index (χ0n) is 21.5. The summed E-state index contributed by atoms with van der Waals surface area (Å²) in [5.74, 6) is 0.442. The molecule has 1 unspecified atom stereocenters. The summed E-state index contributed by atoms with van der Waals surface area (Å²) in [6.07, 6.45) is 6.93. The lowest BCUT2D eigenvalue weighted by Crippen LogP contribution is -2.44. The smallest absolute Gasteiger partial charge is 0.319 e. The van der Waals surface area contributed by atoms with Crippen LogP contribution < -0.4 is 21.3 Å². The average Bonchev–Trinajstić information content (AvgIpc) is 2.92. The minimum absolute atomic E-state index is 0.120. The fourth-order valence-electron chi connectivity index (χ4n) is 4.40. The predicted molar refractivity (Wildman–Crippen MR) is 147 cm³/mol. The number of urea groups is 1. The number of hydrogen-bond acceptors (Lipinski definition) is 6. The molecule has 1 aliphatic rings. The molecule has 1 aliphatic heterocycles. The highest BCUT2D eigenvalue weighted by molar-refractivity contribution is 5.99. The van der Waals surface area contributed by atoms with Gasteiger partial charge in [0.05, 0.1) is 11.3 Å². The molecule has 9 heteroatoms. The number of rotatable bonds is 9. The van der Waals surface area contributed by atoms with E-state index in [9.17, 15) is 9.59 Å². The number of nitrogens with zero attached hydrogens (tertiary/aromatic N) is 3. The number of likely N-dealkylation sites (N-methyl/N-ethyl adjacent to an activating group) is 1. The largest absolute Gasteiger partial charge is 0.370 e. The van der Waals surface area contributed by atoms with E-state index in [0.29, 0.717) is 42.7 Å². The van der Waals surface area contributed by atoms with E-state index >= 15 is 0 Å². The van der Waals surface area contributed by atoms with Crippen LogP contribution in [-0.4, -0.2) is 59.5 Å². The Labute approximate surface area is 218 Å². The maximum Gasteiger partial charge on any atom is 0.319 e. The zero-order chi connectivity index (χ0) is 26.0. The van der Waals surface area contributed by atoms with Crippen LogP contribution in [0.3, 0.4) is 0 Å². The Morgan fingerprint density at radius 1 is 1.05 bits per heavy atom. The van der Waals surface area contributed by atoms with Gasteiger partial charge in [-0.25, -0.2) is 9.78 Å². The number of nitrogens with one attached hydrogen (secondary N) is 4. The van der Waals surface area contributed by atoms with Crippen molar-refractivity contribution in [2.24, 2.45) is 0 Å². The first-order valence-electron chi connectivity index (χ1n) is 12.8. The number of piperidine rings is 1. The first-order chi connectivity index (χ1) is 18.0. The molecule has 2 aromatic heterocycles. The van der Waals surface area contributed by atoms with E-state index in [1.807, 2.05) is 55.5 Å². The molecule has 1 aromatic carbocycles. The van der Waals surface area contributed by atoms with Crippen molar-refractivity contribution in [1.29, 1.82) is 0 Å². The second kappa shape index (κ2) is 12.8. The van der Waals surface area contributed by atoms with Gasteiger partial charge in [0, 0.05) is 49.3 Å². The van der Waals surface area contributed by atoms with Gasteiger partial charge >= 0.3 is 6.03 Å². The summed E-state index contributed by atoms with van der Waals surface area (Å²) in [5.41, 5.74) is 3.76. The Morgan fingerprint density at radius 3 is 2.62 bits per heavy atom. The second-order valence-electron chi connectivity index (χ2n) is 9.21. The van der Waals surface area contributed by atoms with Crippen molar-refractivity contribution >= 4 is 23.4 Å². The highest BCUT2D eigenvalue weighted by Gasteiger charge is 2.21. The summed E-state index contributed by atoms with van der Waals surface area (Å²) in [5, 5.41) is 12.0. The van der Waals surface area contributed by atoms with Gasteiger partial charge in [0.15, 0.2) is 0 Å². The van der Waals surface area contributed by atoms with Gasteiger partial charge in [-0.2, -0.15) is 0 Å². The highest BCUT2D eigenvalue weighted by Crippen LogP contribution is 2.24. The van der Waals surface area contributed by atoms with Crippen LogP contribution in [0.2, 0.25) is 0 Å². The van der Waals surface area contributed by atoms with E-state index in [1.54, 1.807) is 12.4 Å². The van der Waals surface area contributed by atoms with Crippen molar-refractivity contribution in [3.8, 4) is 11.3 Å². The van der Waals surface area contributed by atoms with Crippen LogP contribution in [0.15, 0.2) is 60.9 Å². The van der Waals surface area contributed by atoms with Crippen LogP contribution >= 0.6 is 0 Å². The van der Waals surface area contributed by atoms with Crippen molar-refractivity contribution in [3.05, 3.63) is 72.1 Å². The molecule has 4 rings (SSSR count). The van der Waals surface area contributed by atoms with E-state index in [2.05, 4.69) is 38.2 Å². The molecule has 37 heavy (non-hydrogen) atoms. The van der Waals surface area contributed by atoms with E-state index in [-0.39, 0.29) is 11.9 Å². The van der Waals surface area contributed by atoms with Crippen molar-refractivity contribution in [2.45, 2.75) is 38.8 Å². The lowest BCUT2D eigenvalue weighted by Gasteiger charge is -2.32. The molecule has 3 aromatic rings. The quantitative estimate of drug-likeness (QED) is 0.351. The van der Waals surface area contributed by atoms with E-state index in [4.69, 9.17) is 4.98 Å². The highest BCUT2D eigenvalue weighted by atomic mass is 16.2. The summed E-state index contributed by atoms with van der Waals surface area (Å²) in [6, 6.07) is 14.9. The molecule has 0 radical (unpaired) electrons. The molecule has 1 fully saturated rings. The molecule has 3 amide bonds. The maximum atomic E-state index is 13.0. The van der Waals surface area contributed by atoms with Gasteiger partial charge in [-0.3, -0.25) is 9.78 Å². The number of amides is 3. The molecule has 0 aliphatic carbocycles. The van der Waals surface area contributed by atoms with Crippen molar-refractivity contribution in [2.75, 3.05) is 37.3 Å². The number of pyridine rings is 2. The molecule has 3 heterocycles. The normalized spacial score (nSPS) is 15.6. The zero-order valence-corrected chi connectivity index (χ0v) is 21.5. The lowest BCUT2D eigenvalue weighted by atomic mass is 10.0. The van der Waals surface area contributed by atoms with Gasteiger partial charge in [0.2, 0.25) is 0 Å². The SMILES string of the molecule is CCNc1nc(-c2ccc(NC(=O)NCc3cccnc3)cc2)ccc1C(=O)NCC1CCCCN1C. The van der Waals surface area contributed by atoms with E-state index in [0.717, 1.165) is 29.8 Å². The van der Waals surface area contributed by atoms with Crippen LogP contribution in [0.5, 0.6) is 0 Å². The molecule has 0 bridgehead atoms. The third-order valence-corrected chi connectivity index (χ3v) is 6.52. The summed E-state index contributed by atoms with van der Waals surface area (Å²) in [6.45, 7) is 4.73. The van der Waals surface area contributed by atoms with Crippen LogP contribution in [-0.2, 0) is 6.54 Å². The summed E-state index contributed by atoms with van der Waals surface area (Å²) in [7, 11) is 2.12. The molecule has 194 valence electrons. The van der Waals surface area contributed by atoms with Crippen LogP contribution in [0.25, 0.3) is 11.3 Å². The van der Waals surface area contributed by atoms with Gasteiger partial charge in [-0.15, -0.1) is 0 Å². The number of hydrogen-bond donors (Lipinski definition) is 4. The first kappa shape index (κ1) is 26.1. The molecular weight excluding hydrogens is 466 g/mol. The summed E-state index contributed by atoms with van der Waals surface area (Å²) < 4.78 is 0. The number of benzene rings is 1. The topological polar surface area (TPSA) is 111 Å². The number of anilines is 2. The van der Waals surface area contributed by atoms with Gasteiger partial charge < -0.3 is 26.2 Å². The fraction of sp³-hybridized carbons (Fsp3) is 0.357. The first-order valence-corrected chi connectivity index (χ1v) is 12.8. The molecule has 0 saturated carbocycles. The molecule has 1 saturated heterocycles. The standard InChI is InChI=1S/C28H35N7O2/c1-3-30-26-24(27(36)31-19-23-8-4-5-16-35(23)2)13-14-25(34-26)21-9-11-22(12-10-21)33-28(37)32-18-20-7-6-15-29-17-20/h6-7,9-15,17,23H,3-5,8,16,18-19H2,1-2H3,(H,30,34)(H,31,36)(H2,32,33,37). The van der Waals surface area contributed by atoms with Crippen molar-refractivity contribution in [3.63, 3.8) is 0 Å². The van der Waals surface area contributed by atoms with E-state index in [1.165, 1.54) is 12.8 Å². The van der Waals surface area contributed by atoms with Crippen molar-refractivity contribution in [1.82, 2.24) is 25.5 Å². The average molecular weight is 502 g/mol. The Hall–Kier alpha value is -3.98. The fourth-order valence-corrected chi connectivity index (χ4v) is 4.40. The third-order valence-electron chi connectivity index (χ3n) is 6.52. The molecular formula is C28H35N7O2. The molecule has 4 N–H and O–H groups in total. The molecule has 9 nitrogen and oxygen atoms in total. The monoisotopic (exact) mass is 501 g/mol. The number of aromatic nitrogens is 2. The Morgan fingerprint density at radius 2 is 1.89 bits per heavy atom. The van der Waals surface area contributed by atoms with Gasteiger partial charge in [0.1, 0.15) is 5.82 Å². The van der Waals surface area contributed by atoms with Gasteiger partial charge in [0.25, 0.3) is 5.91 Å².